The van der Waals surface area contributed by atoms with E-state index in [0.717, 1.165) is 49.4 Å². The lowest BCUT2D eigenvalue weighted by molar-refractivity contribution is 0.0929. The first-order valence-corrected chi connectivity index (χ1v) is 11.7. The van der Waals surface area contributed by atoms with Crippen LogP contribution in [0.5, 0.6) is 0 Å². The van der Waals surface area contributed by atoms with Gasteiger partial charge in [0, 0.05) is 23.1 Å². The maximum atomic E-state index is 13.3. The van der Waals surface area contributed by atoms with Crippen molar-refractivity contribution in [1.29, 1.82) is 0 Å². The zero-order valence-corrected chi connectivity index (χ0v) is 20.4. The molecule has 6 heteroatoms. The average Bonchev–Trinajstić information content (AvgIpc) is 3.21. The molecule has 0 saturated heterocycles. The van der Waals surface area contributed by atoms with Crippen molar-refractivity contribution in [2.45, 2.75) is 65.8 Å². The smallest absolute Gasteiger partial charge is 0.270 e. The maximum absolute atomic E-state index is 13.3. The number of carbonyl (C=O) groups excluding carboxylic acids is 1. The fraction of sp³-hybridized carbons (Fsp3) is 0.500. The average molecular weight is 436 g/mol. The number of rotatable bonds is 9. The number of carbonyl (C=O) groups is 1. The van der Waals surface area contributed by atoms with Crippen LogP contribution in [-0.4, -0.2) is 51.1 Å². The lowest BCUT2D eigenvalue weighted by atomic mass is 9.93. The largest absolute Gasteiger partial charge is 0.348 e. The fourth-order valence-corrected chi connectivity index (χ4v) is 3.79. The standard InChI is InChI=1S/C26H37N5O/c1-7-30(8-2)16-12-13-19(3)27-25(32)22-17-21(20-14-10-9-11-15-20)28-24-18-23(26(4,5)6)29-31(22)24/h9-11,14-15,17-19H,7-8,12-13,16H2,1-6H3,(H,27,32). The van der Waals surface area contributed by atoms with Gasteiger partial charge in [-0.15, -0.1) is 0 Å². The second-order valence-corrected chi connectivity index (χ2v) is 9.49. The summed E-state index contributed by atoms with van der Waals surface area (Å²) in [6.07, 6.45) is 1.99. The van der Waals surface area contributed by atoms with Gasteiger partial charge in [-0.05, 0) is 45.5 Å². The van der Waals surface area contributed by atoms with Crippen molar-refractivity contribution in [3.05, 3.63) is 53.9 Å². The molecule has 0 aliphatic carbocycles. The molecule has 0 aliphatic heterocycles. The number of benzene rings is 1. The van der Waals surface area contributed by atoms with E-state index in [9.17, 15) is 4.79 Å². The summed E-state index contributed by atoms with van der Waals surface area (Å²) in [7, 11) is 0. The van der Waals surface area contributed by atoms with E-state index in [-0.39, 0.29) is 17.4 Å². The monoisotopic (exact) mass is 435 g/mol. The molecule has 172 valence electrons. The predicted octanol–water partition coefficient (Wildman–Crippen LogP) is 4.93. The summed E-state index contributed by atoms with van der Waals surface area (Å²) < 4.78 is 1.69. The van der Waals surface area contributed by atoms with Crippen LogP contribution < -0.4 is 5.32 Å². The highest BCUT2D eigenvalue weighted by Crippen LogP contribution is 2.25. The predicted molar refractivity (Wildman–Crippen MR) is 131 cm³/mol. The first-order chi connectivity index (χ1) is 15.2. The normalized spacial score (nSPS) is 13.0. The molecule has 0 spiro atoms. The minimum atomic E-state index is -0.133. The van der Waals surface area contributed by atoms with Gasteiger partial charge in [-0.25, -0.2) is 9.50 Å². The van der Waals surface area contributed by atoms with Gasteiger partial charge in [0.2, 0.25) is 0 Å². The molecular formula is C26H37N5O. The van der Waals surface area contributed by atoms with Crippen molar-refractivity contribution < 1.29 is 4.79 Å². The molecule has 0 saturated carbocycles. The molecule has 3 aromatic rings. The van der Waals surface area contributed by atoms with Gasteiger partial charge in [0.1, 0.15) is 5.69 Å². The zero-order valence-electron chi connectivity index (χ0n) is 20.4. The Morgan fingerprint density at radius 1 is 1.12 bits per heavy atom. The van der Waals surface area contributed by atoms with Crippen molar-refractivity contribution in [2.24, 2.45) is 0 Å². The number of nitrogens with one attached hydrogen (secondary N) is 1. The molecule has 0 fully saturated rings. The Bertz CT molecular complexity index is 1030. The summed E-state index contributed by atoms with van der Waals surface area (Å²) in [4.78, 5) is 20.5. The molecule has 2 aromatic heterocycles. The van der Waals surface area contributed by atoms with Crippen molar-refractivity contribution in [1.82, 2.24) is 24.8 Å². The van der Waals surface area contributed by atoms with Crippen LogP contribution in [0.4, 0.5) is 0 Å². The van der Waals surface area contributed by atoms with Crippen molar-refractivity contribution in [3.63, 3.8) is 0 Å². The molecule has 0 aliphatic rings. The third kappa shape index (κ3) is 5.74. The number of aromatic nitrogens is 3. The van der Waals surface area contributed by atoms with Crippen LogP contribution in [0.3, 0.4) is 0 Å². The van der Waals surface area contributed by atoms with Gasteiger partial charge >= 0.3 is 0 Å². The fourth-order valence-electron chi connectivity index (χ4n) is 3.79. The SMILES string of the molecule is CCN(CC)CCCC(C)NC(=O)c1cc(-c2ccccc2)nc2cc(C(C)(C)C)nn12. The van der Waals surface area contributed by atoms with E-state index in [0.29, 0.717) is 11.3 Å². The maximum Gasteiger partial charge on any atom is 0.270 e. The second-order valence-electron chi connectivity index (χ2n) is 9.49. The topological polar surface area (TPSA) is 62.5 Å². The van der Waals surface area contributed by atoms with Gasteiger partial charge in [-0.2, -0.15) is 5.10 Å². The molecule has 0 bridgehead atoms. The Morgan fingerprint density at radius 2 is 1.81 bits per heavy atom. The summed E-state index contributed by atoms with van der Waals surface area (Å²) in [5.74, 6) is -0.117. The number of amides is 1. The minimum absolute atomic E-state index is 0.0825. The van der Waals surface area contributed by atoms with E-state index in [2.05, 4.69) is 51.8 Å². The molecule has 1 unspecified atom stereocenters. The third-order valence-electron chi connectivity index (χ3n) is 5.88. The van der Waals surface area contributed by atoms with Gasteiger partial charge in [0.15, 0.2) is 5.65 Å². The highest BCUT2D eigenvalue weighted by molar-refractivity contribution is 5.94. The molecule has 32 heavy (non-hydrogen) atoms. The Morgan fingerprint density at radius 3 is 2.44 bits per heavy atom. The van der Waals surface area contributed by atoms with Crippen LogP contribution in [0.15, 0.2) is 42.5 Å². The molecule has 0 radical (unpaired) electrons. The molecule has 1 aromatic carbocycles. The Labute approximate surface area is 192 Å². The highest BCUT2D eigenvalue weighted by atomic mass is 16.2. The van der Waals surface area contributed by atoms with Crippen LogP contribution in [0.25, 0.3) is 16.9 Å². The third-order valence-corrected chi connectivity index (χ3v) is 5.88. The van der Waals surface area contributed by atoms with E-state index in [4.69, 9.17) is 10.1 Å². The highest BCUT2D eigenvalue weighted by Gasteiger charge is 2.22. The van der Waals surface area contributed by atoms with Gasteiger partial charge in [-0.1, -0.05) is 65.0 Å². The lowest BCUT2D eigenvalue weighted by Gasteiger charge is -2.20. The summed E-state index contributed by atoms with van der Waals surface area (Å²) in [6.45, 7) is 16.0. The van der Waals surface area contributed by atoms with Gasteiger partial charge in [0.25, 0.3) is 5.91 Å². The first kappa shape index (κ1) is 23.9. The van der Waals surface area contributed by atoms with E-state index in [1.54, 1.807) is 4.52 Å². The summed E-state index contributed by atoms with van der Waals surface area (Å²) in [5.41, 5.74) is 3.74. The minimum Gasteiger partial charge on any atom is -0.348 e. The van der Waals surface area contributed by atoms with E-state index in [1.807, 2.05) is 42.5 Å². The molecule has 1 amide bonds. The first-order valence-electron chi connectivity index (χ1n) is 11.7. The summed E-state index contributed by atoms with van der Waals surface area (Å²) in [6, 6.07) is 13.9. The van der Waals surface area contributed by atoms with Crippen molar-refractivity contribution >= 4 is 11.6 Å². The molecular weight excluding hydrogens is 398 g/mol. The van der Waals surface area contributed by atoms with Gasteiger partial charge in [0.05, 0.1) is 11.4 Å². The number of nitrogens with zero attached hydrogens (tertiary/aromatic N) is 4. The quantitative estimate of drug-likeness (QED) is 0.517. The van der Waals surface area contributed by atoms with Crippen LogP contribution in [0.1, 0.15) is 70.6 Å². The number of fused-ring (bicyclic) bond motifs is 1. The Kier molecular flexibility index (Phi) is 7.67. The number of hydrogen-bond acceptors (Lipinski definition) is 4. The van der Waals surface area contributed by atoms with Gasteiger partial charge in [-0.3, -0.25) is 4.79 Å². The number of hydrogen-bond donors (Lipinski definition) is 1. The zero-order chi connectivity index (χ0) is 23.3. The second kappa shape index (κ2) is 10.3. The molecule has 1 N–H and O–H groups in total. The molecule has 3 rings (SSSR count). The Hall–Kier alpha value is -2.73. The van der Waals surface area contributed by atoms with Gasteiger partial charge < -0.3 is 10.2 Å². The van der Waals surface area contributed by atoms with E-state index < -0.39 is 0 Å². The van der Waals surface area contributed by atoms with Crippen LogP contribution in [0.2, 0.25) is 0 Å². The van der Waals surface area contributed by atoms with Crippen LogP contribution >= 0.6 is 0 Å². The summed E-state index contributed by atoms with van der Waals surface area (Å²) in [5, 5.41) is 7.92. The van der Waals surface area contributed by atoms with Crippen LogP contribution in [-0.2, 0) is 5.41 Å². The van der Waals surface area contributed by atoms with Crippen molar-refractivity contribution in [2.75, 3.05) is 19.6 Å². The molecule has 6 nitrogen and oxygen atoms in total. The van der Waals surface area contributed by atoms with Crippen molar-refractivity contribution in [3.8, 4) is 11.3 Å². The molecule has 2 heterocycles. The van der Waals surface area contributed by atoms with Crippen LogP contribution in [0, 0.1) is 0 Å². The van der Waals surface area contributed by atoms with E-state index in [1.165, 1.54) is 0 Å². The lowest BCUT2D eigenvalue weighted by Crippen LogP contribution is -2.35. The van der Waals surface area contributed by atoms with E-state index >= 15 is 0 Å². The molecule has 1 atom stereocenters. The summed E-state index contributed by atoms with van der Waals surface area (Å²) >= 11 is 0. The Balaban J connectivity index is 1.87.